The van der Waals surface area contributed by atoms with Crippen molar-refractivity contribution >= 4 is 5.69 Å². The molecular formula is C16H21N3. The zero-order valence-electron chi connectivity index (χ0n) is 11.3. The second kappa shape index (κ2) is 6.90. The van der Waals surface area contributed by atoms with E-state index in [4.69, 9.17) is 5.73 Å². The van der Waals surface area contributed by atoms with E-state index in [1.807, 2.05) is 18.3 Å². The van der Waals surface area contributed by atoms with Gasteiger partial charge in [0.2, 0.25) is 0 Å². The Labute approximate surface area is 114 Å². The van der Waals surface area contributed by atoms with Gasteiger partial charge in [0.15, 0.2) is 0 Å². The molecule has 1 aromatic heterocycles. The van der Waals surface area contributed by atoms with Crippen LogP contribution in [0.1, 0.15) is 30.5 Å². The first kappa shape index (κ1) is 13.6. The molecule has 0 bridgehead atoms. The minimum absolute atomic E-state index is 0.366. The summed E-state index contributed by atoms with van der Waals surface area (Å²) in [5.74, 6) is 0. The molecule has 0 spiro atoms. The molecule has 0 fully saturated rings. The molecule has 1 atom stereocenters. The summed E-state index contributed by atoms with van der Waals surface area (Å²) in [5.41, 5.74) is 9.24. The van der Waals surface area contributed by atoms with Gasteiger partial charge in [0.05, 0.1) is 0 Å². The lowest BCUT2D eigenvalue weighted by Gasteiger charge is -2.18. The van der Waals surface area contributed by atoms with E-state index in [0.717, 1.165) is 30.6 Å². The van der Waals surface area contributed by atoms with Gasteiger partial charge in [-0.05, 0) is 36.6 Å². The van der Waals surface area contributed by atoms with E-state index in [1.54, 1.807) is 6.20 Å². The number of anilines is 1. The fourth-order valence-electron chi connectivity index (χ4n) is 2.26. The number of aryl methyl sites for hydroxylation is 1. The fraction of sp³-hybridized carbons (Fsp3) is 0.312. The first-order valence-electron chi connectivity index (χ1n) is 6.78. The van der Waals surface area contributed by atoms with Crippen molar-refractivity contribution in [1.82, 2.24) is 10.3 Å². The number of nitrogens with two attached hydrogens (primary N) is 1. The molecule has 0 aliphatic heterocycles. The highest BCUT2D eigenvalue weighted by molar-refractivity contribution is 5.44. The third kappa shape index (κ3) is 3.80. The van der Waals surface area contributed by atoms with E-state index < -0.39 is 0 Å². The van der Waals surface area contributed by atoms with Crippen LogP contribution in [-0.2, 0) is 6.42 Å². The molecule has 0 saturated carbocycles. The molecule has 3 heteroatoms. The van der Waals surface area contributed by atoms with Crippen molar-refractivity contribution in [3.8, 4) is 0 Å². The van der Waals surface area contributed by atoms with Crippen LogP contribution in [-0.4, -0.2) is 11.5 Å². The van der Waals surface area contributed by atoms with E-state index in [9.17, 15) is 0 Å². The molecule has 1 aromatic carbocycles. The van der Waals surface area contributed by atoms with Crippen LogP contribution in [0.15, 0.2) is 48.8 Å². The van der Waals surface area contributed by atoms with Crippen molar-refractivity contribution in [1.29, 1.82) is 0 Å². The minimum atomic E-state index is 0.366. The number of rotatable bonds is 6. The number of benzene rings is 1. The van der Waals surface area contributed by atoms with Gasteiger partial charge in [-0.1, -0.05) is 37.3 Å². The van der Waals surface area contributed by atoms with Gasteiger partial charge in [-0.3, -0.25) is 4.98 Å². The number of nitrogens with one attached hydrogen (secondary N) is 1. The van der Waals surface area contributed by atoms with E-state index in [-0.39, 0.29) is 0 Å². The molecule has 0 aliphatic carbocycles. The van der Waals surface area contributed by atoms with Crippen molar-refractivity contribution in [2.24, 2.45) is 0 Å². The summed E-state index contributed by atoms with van der Waals surface area (Å²) in [7, 11) is 0. The summed E-state index contributed by atoms with van der Waals surface area (Å²) in [5, 5.41) is 3.53. The average molecular weight is 255 g/mol. The fourth-order valence-corrected chi connectivity index (χ4v) is 2.26. The molecule has 2 rings (SSSR count). The van der Waals surface area contributed by atoms with Crippen LogP contribution >= 0.6 is 0 Å². The topological polar surface area (TPSA) is 50.9 Å². The Kier molecular flexibility index (Phi) is 4.93. The Morgan fingerprint density at radius 3 is 2.68 bits per heavy atom. The molecule has 1 heterocycles. The number of hydrogen-bond donors (Lipinski definition) is 2. The third-order valence-corrected chi connectivity index (χ3v) is 3.30. The molecule has 0 radical (unpaired) electrons. The maximum absolute atomic E-state index is 5.96. The van der Waals surface area contributed by atoms with Crippen molar-refractivity contribution in [2.75, 3.05) is 12.3 Å². The standard InChI is InChI=1S/C16H21N3/c1-2-19-16(13-6-4-3-5-7-13)9-8-14-12-18-11-10-15(14)17/h3-7,10-12,16,19H,2,8-9H2,1H3,(H2,17,18). The summed E-state index contributed by atoms with van der Waals surface area (Å²) in [6.45, 7) is 3.09. The van der Waals surface area contributed by atoms with Gasteiger partial charge in [-0.25, -0.2) is 0 Å². The third-order valence-electron chi connectivity index (χ3n) is 3.30. The average Bonchev–Trinajstić information content (AvgIpc) is 2.46. The number of hydrogen-bond acceptors (Lipinski definition) is 3. The molecule has 0 amide bonds. The summed E-state index contributed by atoms with van der Waals surface area (Å²) < 4.78 is 0. The van der Waals surface area contributed by atoms with Crippen LogP contribution < -0.4 is 11.1 Å². The van der Waals surface area contributed by atoms with Crippen molar-refractivity contribution in [2.45, 2.75) is 25.8 Å². The molecule has 0 aliphatic rings. The van der Waals surface area contributed by atoms with Gasteiger partial charge in [0.1, 0.15) is 0 Å². The first-order valence-corrected chi connectivity index (χ1v) is 6.78. The van der Waals surface area contributed by atoms with Crippen LogP contribution in [0.2, 0.25) is 0 Å². The molecular weight excluding hydrogens is 234 g/mol. The highest BCUT2D eigenvalue weighted by atomic mass is 14.9. The lowest BCUT2D eigenvalue weighted by atomic mass is 9.99. The van der Waals surface area contributed by atoms with Gasteiger partial charge in [0.25, 0.3) is 0 Å². The van der Waals surface area contributed by atoms with E-state index in [0.29, 0.717) is 6.04 Å². The van der Waals surface area contributed by atoms with E-state index in [2.05, 4.69) is 41.5 Å². The van der Waals surface area contributed by atoms with Crippen molar-refractivity contribution < 1.29 is 0 Å². The van der Waals surface area contributed by atoms with Crippen LogP contribution in [0.4, 0.5) is 5.69 Å². The molecule has 3 N–H and O–H groups in total. The SMILES string of the molecule is CCNC(CCc1cnccc1N)c1ccccc1. The monoisotopic (exact) mass is 255 g/mol. The number of nitrogen functional groups attached to an aromatic ring is 1. The van der Waals surface area contributed by atoms with Gasteiger partial charge in [-0.15, -0.1) is 0 Å². The van der Waals surface area contributed by atoms with E-state index >= 15 is 0 Å². The number of nitrogens with zero attached hydrogens (tertiary/aromatic N) is 1. The second-order valence-electron chi connectivity index (χ2n) is 4.63. The van der Waals surface area contributed by atoms with Crippen LogP contribution in [0.5, 0.6) is 0 Å². The smallest absolute Gasteiger partial charge is 0.0377 e. The second-order valence-corrected chi connectivity index (χ2v) is 4.63. The predicted molar refractivity (Wildman–Crippen MR) is 79.8 cm³/mol. The Balaban J connectivity index is 2.04. The molecule has 0 saturated heterocycles. The van der Waals surface area contributed by atoms with Crippen LogP contribution in [0.3, 0.4) is 0 Å². The molecule has 100 valence electrons. The Bertz CT molecular complexity index is 496. The zero-order chi connectivity index (χ0) is 13.5. The maximum Gasteiger partial charge on any atom is 0.0377 e. The predicted octanol–water partition coefficient (Wildman–Crippen LogP) is 2.95. The van der Waals surface area contributed by atoms with Gasteiger partial charge < -0.3 is 11.1 Å². The summed E-state index contributed by atoms with van der Waals surface area (Å²) in [6.07, 6.45) is 5.56. The highest BCUT2D eigenvalue weighted by Crippen LogP contribution is 2.20. The lowest BCUT2D eigenvalue weighted by Crippen LogP contribution is -2.21. The zero-order valence-corrected chi connectivity index (χ0v) is 11.3. The van der Waals surface area contributed by atoms with Gasteiger partial charge >= 0.3 is 0 Å². The lowest BCUT2D eigenvalue weighted by molar-refractivity contribution is 0.515. The Morgan fingerprint density at radius 2 is 2.00 bits per heavy atom. The molecule has 2 aromatic rings. The van der Waals surface area contributed by atoms with Crippen molar-refractivity contribution in [3.63, 3.8) is 0 Å². The summed E-state index contributed by atoms with van der Waals surface area (Å²) >= 11 is 0. The normalized spacial score (nSPS) is 12.3. The number of pyridine rings is 1. The minimum Gasteiger partial charge on any atom is -0.398 e. The summed E-state index contributed by atoms with van der Waals surface area (Å²) in [6, 6.07) is 12.8. The Hall–Kier alpha value is -1.87. The largest absolute Gasteiger partial charge is 0.398 e. The molecule has 3 nitrogen and oxygen atoms in total. The first-order chi connectivity index (χ1) is 9.31. The van der Waals surface area contributed by atoms with Crippen LogP contribution in [0, 0.1) is 0 Å². The Morgan fingerprint density at radius 1 is 1.21 bits per heavy atom. The van der Waals surface area contributed by atoms with E-state index in [1.165, 1.54) is 5.56 Å². The van der Waals surface area contributed by atoms with Gasteiger partial charge in [-0.2, -0.15) is 0 Å². The number of aromatic nitrogens is 1. The summed E-state index contributed by atoms with van der Waals surface area (Å²) in [4.78, 5) is 4.14. The highest BCUT2D eigenvalue weighted by Gasteiger charge is 2.10. The molecule has 1 unspecified atom stereocenters. The quantitative estimate of drug-likeness (QED) is 0.834. The maximum atomic E-state index is 5.96. The van der Waals surface area contributed by atoms with Crippen LogP contribution in [0.25, 0.3) is 0 Å². The van der Waals surface area contributed by atoms with Crippen molar-refractivity contribution in [3.05, 3.63) is 59.9 Å². The molecule has 19 heavy (non-hydrogen) atoms. The van der Waals surface area contributed by atoms with Gasteiger partial charge in [0, 0.05) is 24.1 Å².